The molecule has 6 rings (SSSR count). The van der Waals surface area contributed by atoms with Gasteiger partial charge < -0.3 is 9.47 Å². The molecule has 0 amide bonds. The molecule has 0 N–H and O–H groups in total. The molecule has 0 unspecified atom stereocenters. The summed E-state index contributed by atoms with van der Waals surface area (Å²) >= 11 is 0. The molecule has 4 aromatic carbocycles. The van der Waals surface area contributed by atoms with Crippen molar-refractivity contribution in [2.45, 2.75) is 89.4 Å². The highest BCUT2D eigenvalue weighted by atomic mass is 16.7. The van der Waals surface area contributed by atoms with Crippen LogP contribution in [0.5, 0.6) is 5.75 Å². The Bertz CT molecular complexity index is 1090. The predicted octanol–water partition coefficient (Wildman–Crippen LogP) is 11.4. The first kappa shape index (κ1) is 33.1. The molecule has 0 spiro atoms. The molecule has 0 aliphatic heterocycles. The molecule has 2 heteroatoms. The Morgan fingerprint density at radius 2 is 0.976 bits per heavy atom. The Hall–Kier alpha value is -3.36. The van der Waals surface area contributed by atoms with Gasteiger partial charge in [-0.05, 0) is 60.4 Å². The van der Waals surface area contributed by atoms with Crippen molar-refractivity contribution >= 4 is 0 Å². The van der Waals surface area contributed by atoms with Gasteiger partial charge in [-0.2, -0.15) is 0 Å². The minimum atomic E-state index is 0.265. The van der Waals surface area contributed by atoms with Crippen LogP contribution in [0.3, 0.4) is 0 Å². The zero-order chi connectivity index (χ0) is 29.7. The van der Waals surface area contributed by atoms with Crippen LogP contribution < -0.4 is 4.74 Å². The normalized spacial score (nSPS) is 15.8. The van der Waals surface area contributed by atoms with Crippen LogP contribution in [0.15, 0.2) is 121 Å². The zero-order valence-corrected chi connectivity index (χ0v) is 26.2. The molecule has 2 aliphatic carbocycles. The molecule has 0 radical (unpaired) electrons. The molecular weight excluding hydrogens is 512 g/mol. The molecular formula is C40H52O2. The van der Waals surface area contributed by atoms with Crippen LogP contribution in [-0.2, 0) is 10.2 Å². The third-order valence-corrected chi connectivity index (χ3v) is 8.33. The molecule has 224 valence electrons. The summed E-state index contributed by atoms with van der Waals surface area (Å²) in [7, 11) is 1.64. The Balaban J connectivity index is 0.000000185. The van der Waals surface area contributed by atoms with Crippen molar-refractivity contribution in [3.63, 3.8) is 0 Å². The highest BCUT2D eigenvalue weighted by Crippen LogP contribution is 2.44. The lowest BCUT2D eigenvalue weighted by atomic mass is 9.65. The quantitative estimate of drug-likeness (QED) is 0.217. The van der Waals surface area contributed by atoms with Crippen molar-refractivity contribution in [2.24, 2.45) is 0 Å². The SMILES string of the molecule is CC.COCOc1ccc(C2CCCCC2)cc1.c1ccc(C2(c3ccccc3)CCCCC2)cc1.c1ccccc1. The average molecular weight is 565 g/mol. The van der Waals surface area contributed by atoms with Gasteiger partial charge in [-0.1, -0.05) is 162 Å². The predicted molar refractivity (Wildman–Crippen MR) is 179 cm³/mol. The molecule has 0 bridgehead atoms. The third kappa shape index (κ3) is 10.5. The number of hydrogen-bond donors (Lipinski definition) is 0. The first-order valence-electron chi connectivity index (χ1n) is 16.1. The third-order valence-electron chi connectivity index (χ3n) is 8.33. The van der Waals surface area contributed by atoms with Crippen LogP contribution in [-0.4, -0.2) is 13.9 Å². The van der Waals surface area contributed by atoms with E-state index in [0.717, 1.165) is 11.7 Å². The van der Waals surface area contributed by atoms with Crippen LogP contribution in [0.1, 0.15) is 101 Å². The fraction of sp³-hybridized carbons (Fsp3) is 0.400. The van der Waals surface area contributed by atoms with Gasteiger partial charge in [0, 0.05) is 12.5 Å². The van der Waals surface area contributed by atoms with E-state index in [2.05, 4.69) is 72.8 Å². The van der Waals surface area contributed by atoms with E-state index >= 15 is 0 Å². The van der Waals surface area contributed by atoms with E-state index in [1.54, 1.807) is 7.11 Å². The Morgan fingerprint density at radius 3 is 1.43 bits per heavy atom. The van der Waals surface area contributed by atoms with Gasteiger partial charge in [0.25, 0.3) is 0 Å². The van der Waals surface area contributed by atoms with Gasteiger partial charge in [-0.15, -0.1) is 0 Å². The van der Waals surface area contributed by atoms with Crippen LogP contribution >= 0.6 is 0 Å². The van der Waals surface area contributed by atoms with Crippen LogP contribution in [0.4, 0.5) is 0 Å². The maximum Gasteiger partial charge on any atom is 0.188 e. The van der Waals surface area contributed by atoms with Gasteiger partial charge in [0.1, 0.15) is 5.75 Å². The molecule has 0 atom stereocenters. The molecule has 4 aromatic rings. The lowest BCUT2D eigenvalue weighted by Crippen LogP contribution is -2.30. The van der Waals surface area contributed by atoms with Crippen LogP contribution in [0.25, 0.3) is 0 Å². The minimum Gasteiger partial charge on any atom is -0.468 e. The summed E-state index contributed by atoms with van der Waals surface area (Å²) in [5.74, 6) is 1.66. The van der Waals surface area contributed by atoms with E-state index in [-0.39, 0.29) is 5.41 Å². The number of rotatable bonds is 6. The van der Waals surface area contributed by atoms with Crippen LogP contribution in [0, 0.1) is 0 Å². The fourth-order valence-corrected chi connectivity index (χ4v) is 6.20. The zero-order valence-electron chi connectivity index (χ0n) is 26.2. The summed E-state index contributed by atoms with van der Waals surface area (Å²) in [4.78, 5) is 0. The Labute approximate surface area is 256 Å². The number of methoxy groups -OCH3 is 1. The first-order valence-corrected chi connectivity index (χ1v) is 16.1. The summed E-state index contributed by atoms with van der Waals surface area (Å²) in [6.45, 7) is 4.32. The van der Waals surface area contributed by atoms with Crippen molar-refractivity contribution in [1.29, 1.82) is 0 Å². The molecule has 2 nitrogen and oxygen atoms in total. The number of ether oxygens (including phenoxy) is 2. The van der Waals surface area contributed by atoms with Gasteiger partial charge in [0.2, 0.25) is 0 Å². The van der Waals surface area contributed by atoms with Gasteiger partial charge >= 0.3 is 0 Å². The molecule has 0 saturated heterocycles. The molecule has 2 aliphatic rings. The van der Waals surface area contributed by atoms with Gasteiger partial charge in [-0.3, -0.25) is 0 Å². The topological polar surface area (TPSA) is 18.5 Å². The smallest absolute Gasteiger partial charge is 0.188 e. The molecule has 2 saturated carbocycles. The highest BCUT2D eigenvalue weighted by Gasteiger charge is 2.35. The van der Waals surface area contributed by atoms with E-state index in [0.29, 0.717) is 6.79 Å². The van der Waals surface area contributed by atoms with E-state index < -0.39 is 0 Å². The summed E-state index contributed by atoms with van der Waals surface area (Å²) in [5, 5.41) is 0. The summed E-state index contributed by atoms with van der Waals surface area (Å²) in [6.07, 6.45) is 13.5. The first-order chi connectivity index (χ1) is 20.8. The summed E-state index contributed by atoms with van der Waals surface area (Å²) < 4.78 is 10.2. The van der Waals surface area contributed by atoms with Gasteiger partial charge in [0.15, 0.2) is 6.79 Å². The summed E-state index contributed by atoms with van der Waals surface area (Å²) in [5.41, 5.74) is 4.72. The monoisotopic (exact) mass is 564 g/mol. The second kappa shape index (κ2) is 19.7. The molecule has 42 heavy (non-hydrogen) atoms. The largest absolute Gasteiger partial charge is 0.468 e. The number of hydrogen-bond acceptors (Lipinski definition) is 2. The van der Waals surface area contributed by atoms with E-state index in [1.807, 2.05) is 62.4 Å². The van der Waals surface area contributed by atoms with E-state index in [1.165, 1.54) is 80.9 Å². The minimum absolute atomic E-state index is 0.265. The average Bonchev–Trinajstić information content (AvgIpc) is 3.11. The Kier molecular flexibility index (Phi) is 15.6. The van der Waals surface area contributed by atoms with Gasteiger partial charge in [-0.25, -0.2) is 0 Å². The molecule has 0 aromatic heterocycles. The van der Waals surface area contributed by atoms with Crippen molar-refractivity contribution in [3.8, 4) is 5.75 Å². The lowest BCUT2D eigenvalue weighted by Gasteiger charge is -2.38. The van der Waals surface area contributed by atoms with Gasteiger partial charge in [0.05, 0.1) is 0 Å². The maximum absolute atomic E-state index is 5.38. The fourth-order valence-electron chi connectivity index (χ4n) is 6.20. The van der Waals surface area contributed by atoms with E-state index in [4.69, 9.17) is 9.47 Å². The summed E-state index contributed by atoms with van der Waals surface area (Å²) in [6, 6.07) is 42.6. The molecule has 2 fully saturated rings. The molecule has 0 heterocycles. The van der Waals surface area contributed by atoms with E-state index in [9.17, 15) is 0 Å². The maximum atomic E-state index is 5.38. The number of benzene rings is 4. The lowest BCUT2D eigenvalue weighted by molar-refractivity contribution is 0.0511. The second-order valence-electron chi connectivity index (χ2n) is 11.0. The van der Waals surface area contributed by atoms with Crippen molar-refractivity contribution in [3.05, 3.63) is 138 Å². The second-order valence-corrected chi connectivity index (χ2v) is 11.0. The van der Waals surface area contributed by atoms with Crippen molar-refractivity contribution in [2.75, 3.05) is 13.9 Å². The standard InChI is InChI=1S/C18H20.C14H20O2.C6H6.C2H6/c1-4-10-16(11-5-1)18(14-8-3-9-15-18)17-12-6-2-7-13-17;1-15-11-16-14-9-7-13(8-10-14)12-5-3-2-4-6-12;1-2-4-6-5-3-1;1-2/h1-2,4-7,10-13H,3,8-9,14-15H2;7-10,12H,2-6,11H2,1H3;1-6H;1-2H3. The Morgan fingerprint density at radius 1 is 0.548 bits per heavy atom. The van der Waals surface area contributed by atoms with Crippen molar-refractivity contribution in [1.82, 2.24) is 0 Å². The van der Waals surface area contributed by atoms with Crippen LogP contribution in [0.2, 0.25) is 0 Å². The highest BCUT2D eigenvalue weighted by molar-refractivity contribution is 5.39. The van der Waals surface area contributed by atoms with Crippen molar-refractivity contribution < 1.29 is 9.47 Å².